The van der Waals surface area contributed by atoms with E-state index in [1.165, 1.54) is 25.9 Å². The van der Waals surface area contributed by atoms with E-state index in [-0.39, 0.29) is 11.3 Å². The lowest BCUT2D eigenvalue weighted by atomic mass is 9.71. The van der Waals surface area contributed by atoms with Crippen LogP contribution in [0, 0.1) is 11.3 Å². The standard InChI is InChI=1S/C21H33N3O2/c1-21(2,3)15-6-7-18-17(14-15)19(22-26-18)20(25)24-12-8-16(9-13-24)23-10-4-5-11-23/h15-16H,4-14H2,1-3H3. The first-order chi connectivity index (χ1) is 12.4. The van der Waals surface area contributed by atoms with Gasteiger partial charge in [-0.1, -0.05) is 25.9 Å². The lowest BCUT2D eigenvalue weighted by molar-refractivity contribution is 0.0633. The number of hydrogen-bond acceptors (Lipinski definition) is 4. The molecule has 1 amide bonds. The van der Waals surface area contributed by atoms with Gasteiger partial charge in [-0.3, -0.25) is 4.79 Å². The van der Waals surface area contributed by atoms with Crippen LogP contribution in [0.25, 0.3) is 0 Å². The Morgan fingerprint density at radius 2 is 1.77 bits per heavy atom. The van der Waals surface area contributed by atoms with Crippen molar-refractivity contribution in [3.05, 3.63) is 17.0 Å². The van der Waals surface area contributed by atoms with E-state index >= 15 is 0 Å². The van der Waals surface area contributed by atoms with Crippen LogP contribution in [0.1, 0.15) is 74.7 Å². The summed E-state index contributed by atoms with van der Waals surface area (Å²) in [4.78, 5) is 17.7. The van der Waals surface area contributed by atoms with E-state index < -0.39 is 0 Å². The van der Waals surface area contributed by atoms with Gasteiger partial charge in [0.05, 0.1) is 0 Å². The number of carbonyl (C=O) groups is 1. The summed E-state index contributed by atoms with van der Waals surface area (Å²) in [5, 5.41) is 4.21. The van der Waals surface area contributed by atoms with Crippen molar-refractivity contribution >= 4 is 5.91 Å². The van der Waals surface area contributed by atoms with E-state index in [1.54, 1.807) is 0 Å². The first-order valence-corrected chi connectivity index (χ1v) is 10.4. The second-order valence-corrected chi connectivity index (χ2v) is 9.51. The molecule has 1 atom stereocenters. The maximum Gasteiger partial charge on any atom is 0.276 e. The van der Waals surface area contributed by atoms with Gasteiger partial charge in [-0.25, -0.2) is 0 Å². The molecule has 2 aliphatic heterocycles. The van der Waals surface area contributed by atoms with Gasteiger partial charge in [-0.15, -0.1) is 0 Å². The zero-order valence-electron chi connectivity index (χ0n) is 16.6. The number of rotatable bonds is 2. The summed E-state index contributed by atoms with van der Waals surface area (Å²) < 4.78 is 5.56. The minimum Gasteiger partial charge on any atom is -0.360 e. The number of amides is 1. The van der Waals surface area contributed by atoms with Gasteiger partial charge in [0.2, 0.25) is 0 Å². The van der Waals surface area contributed by atoms with Crippen LogP contribution in [0.4, 0.5) is 0 Å². The van der Waals surface area contributed by atoms with Gasteiger partial charge in [0.1, 0.15) is 5.76 Å². The Balaban J connectivity index is 1.43. The average molecular weight is 360 g/mol. The van der Waals surface area contributed by atoms with Crippen LogP contribution >= 0.6 is 0 Å². The maximum atomic E-state index is 13.1. The summed E-state index contributed by atoms with van der Waals surface area (Å²) in [6, 6.07) is 0.665. The van der Waals surface area contributed by atoms with Gasteiger partial charge in [0.25, 0.3) is 5.91 Å². The first kappa shape index (κ1) is 18.0. The number of hydrogen-bond donors (Lipinski definition) is 0. The Bertz CT molecular complexity index is 647. The van der Waals surface area contributed by atoms with Crippen LogP contribution in [0.3, 0.4) is 0 Å². The van der Waals surface area contributed by atoms with Crippen molar-refractivity contribution in [3.63, 3.8) is 0 Å². The summed E-state index contributed by atoms with van der Waals surface area (Å²) in [6.07, 6.45) is 7.81. The van der Waals surface area contributed by atoms with E-state index in [1.807, 2.05) is 4.90 Å². The molecule has 0 N–H and O–H groups in total. The normalized spacial score (nSPS) is 25.5. The fourth-order valence-corrected chi connectivity index (χ4v) is 5.00. The van der Waals surface area contributed by atoms with Gasteiger partial charge in [-0.05, 0) is 62.9 Å². The lowest BCUT2D eigenvalue weighted by Crippen LogP contribution is -2.46. The number of nitrogens with zero attached hydrogens (tertiary/aromatic N) is 3. The molecule has 5 nitrogen and oxygen atoms in total. The average Bonchev–Trinajstić information content (AvgIpc) is 3.30. The van der Waals surface area contributed by atoms with Crippen LogP contribution in [0.2, 0.25) is 0 Å². The van der Waals surface area contributed by atoms with Crippen LogP contribution in [0.15, 0.2) is 4.52 Å². The lowest BCUT2D eigenvalue weighted by Gasteiger charge is -2.36. The molecule has 5 heteroatoms. The SMILES string of the molecule is CC(C)(C)C1CCc2onc(C(=O)N3CCC(N4CCCC4)CC3)c2C1. The summed E-state index contributed by atoms with van der Waals surface area (Å²) in [5.41, 5.74) is 1.93. The molecule has 0 bridgehead atoms. The van der Waals surface area contributed by atoms with Crippen LogP contribution in [-0.4, -0.2) is 53.1 Å². The Labute approximate surface area is 157 Å². The Morgan fingerprint density at radius 3 is 2.42 bits per heavy atom. The zero-order valence-corrected chi connectivity index (χ0v) is 16.6. The second kappa shape index (κ2) is 6.99. The predicted octanol–water partition coefficient (Wildman–Crippen LogP) is 3.53. The molecule has 0 spiro atoms. The molecule has 2 fully saturated rings. The monoisotopic (exact) mass is 359 g/mol. The number of aromatic nitrogens is 1. The number of aryl methyl sites for hydroxylation is 1. The van der Waals surface area contributed by atoms with Crippen molar-refractivity contribution in [1.29, 1.82) is 0 Å². The quantitative estimate of drug-likeness (QED) is 0.811. The molecule has 0 radical (unpaired) electrons. The van der Waals surface area contributed by atoms with Crippen molar-refractivity contribution in [2.45, 2.75) is 71.8 Å². The van der Waals surface area contributed by atoms with E-state index in [0.717, 1.165) is 56.5 Å². The van der Waals surface area contributed by atoms with E-state index in [4.69, 9.17) is 4.52 Å². The highest BCUT2D eigenvalue weighted by molar-refractivity contribution is 5.94. The van der Waals surface area contributed by atoms with Crippen LogP contribution in [0.5, 0.6) is 0 Å². The van der Waals surface area contributed by atoms with E-state index in [0.29, 0.717) is 17.7 Å². The van der Waals surface area contributed by atoms with Crippen LogP contribution in [-0.2, 0) is 12.8 Å². The Hall–Kier alpha value is -1.36. The fourth-order valence-electron chi connectivity index (χ4n) is 5.00. The zero-order chi connectivity index (χ0) is 18.3. The van der Waals surface area contributed by atoms with Crippen molar-refractivity contribution in [3.8, 4) is 0 Å². The van der Waals surface area contributed by atoms with Gasteiger partial charge in [0.15, 0.2) is 5.69 Å². The Kier molecular flexibility index (Phi) is 4.84. The van der Waals surface area contributed by atoms with Crippen molar-refractivity contribution in [2.24, 2.45) is 11.3 Å². The smallest absolute Gasteiger partial charge is 0.276 e. The maximum absolute atomic E-state index is 13.1. The third-order valence-electron chi connectivity index (χ3n) is 6.88. The Morgan fingerprint density at radius 1 is 1.08 bits per heavy atom. The molecule has 144 valence electrons. The minimum atomic E-state index is 0.0874. The third-order valence-corrected chi connectivity index (χ3v) is 6.88. The summed E-state index contributed by atoms with van der Waals surface area (Å²) in [5.74, 6) is 1.62. The molecule has 3 aliphatic rings. The molecular formula is C21H33N3O2. The number of piperidine rings is 1. The van der Waals surface area contributed by atoms with Gasteiger partial charge < -0.3 is 14.3 Å². The molecule has 1 aliphatic carbocycles. The minimum absolute atomic E-state index is 0.0874. The topological polar surface area (TPSA) is 49.6 Å². The van der Waals surface area contributed by atoms with Crippen molar-refractivity contribution < 1.29 is 9.32 Å². The molecule has 0 saturated carbocycles. The summed E-state index contributed by atoms with van der Waals surface area (Å²) in [6.45, 7) is 11.1. The summed E-state index contributed by atoms with van der Waals surface area (Å²) in [7, 11) is 0. The molecule has 1 aromatic heterocycles. The highest BCUT2D eigenvalue weighted by Crippen LogP contribution is 2.38. The third kappa shape index (κ3) is 3.42. The van der Waals surface area contributed by atoms with Crippen LogP contribution < -0.4 is 0 Å². The van der Waals surface area contributed by atoms with Gasteiger partial charge in [-0.2, -0.15) is 0 Å². The summed E-state index contributed by atoms with van der Waals surface area (Å²) >= 11 is 0. The van der Waals surface area contributed by atoms with Gasteiger partial charge >= 0.3 is 0 Å². The highest BCUT2D eigenvalue weighted by atomic mass is 16.5. The van der Waals surface area contributed by atoms with Gasteiger partial charge in [0, 0.05) is 31.1 Å². The second-order valence-electron chi connectivity index (χ2n) is 9.51. The first-order valence-electron chi connectivity index (χ1n) is 10.4. The highest BCUT2D eigenvalue weighted by Gasteiger charge is 2.36. The van der Waals surface area contributed by atoms with E-state index in [2.05, 4.69) is 30.8 Å². The molecule has 1 unspecified atom stereocenters. The molecule has 2 saturated heterocycles. The fraction of sp³-hybridized carbons (Fsp3) is 0.810. The number of carbonyl (C=O) groups excluding carboxylic acids is 1. The number of fused-ring (bicyclic) bond motifs is 1. The van der Waals surface area contributed by atoms with Crippen molar-refractivity contribution in [2.75, 3.05) is 26.2 Å². The molecule has 0 aromatic carbocycles. The molecule has 3 heterocycles. The molecular weight excluding hydrogens is 326 g/mol. The molecule has 4 rings (SSSR count). The predicted molar refractivity (Wildman–Crippen MR) is 101 cm³/mol. The largest absolute Gasteiger partial charge is 0.360 e. The molecule has 26 heavy (non-hydrogen) atoms. The number of likely N-dealkylation sites (tertiary alicyclic amines) is 2. The van der Waals surface area contributed by atoms with E-state index in [9.17, 15) is 4.79 Å². The molecule has 1 aromatic rings. The van der Waals surface area contributed by atoms with Crippen molar-refractivity contribution in [1.82, 2.24) is 15.0 Å².